The number of ether oxygens (including phenoxy) is 2. The van der Waals surface area contributed by atoms with Gasteiger partial charge in [-0.25, -0.2) is 0 Å². The molecule has 0 aromatic rings. The predicted octanol–water partition coefficient (Wildman–Crippen LogP) is 1.09. The van der Waals surface area contributed by atoms with Crippen LogP contribution >= 0.6 is 0 Å². The second kappa shape index (κ2) is 4.94. The lowest BCUT2D eigenvalue weighted by molar-refractivity contribution is -0.308. The van der Waals surface area contributed by atoms with E-state index in [0.717, 1.165) is 0 Å². The largest absolute Gasteiger partial charge is 0.550 e. The molecule has 2 unspecified atom stereocenters. The maximum atomic E-state index is 10.6. The Hall–Kier alpha value is -0.393. The van der Waals surface area contributed by atoms with Crippen molar-refractivity contribution in [3.05, 3.63) is 0 Å². The van der Waals surface area contributed by atoms with Gasteiger partial charge in [-0.2, -0.15) is 0 Å². The Kier molecular flexibility index (Phi) is 4.30. The molecule has 1 aliphatic rings. The van der Waals surface area contributed by atoms with Gasteiger partial charge in [0.1, 0.15) is 0 Å². The average Bonchev–Trinajstić information content (AvgIpc) is 2.55. The molecule has 2 atom stereocenters. The highest BCUT2D eigenvalue weighted by molar-refractivity contribution is 6.59. The van der Waals surface area contributed by atoms with E-state index in [1.54, 1.807) is 0 Å². The normalized spacial score (nSPS) is 33.1. The van der Waals surface area contributed by atoms with Crippen LogP contribution in [0.25, 0.3) is 0 Å². The van der Waals surface area contributed by atoms with Gasteiger partial charge in [0, 0.05) is 12.4 Å². The third kappa shape index (κ3) is 2.95. The number of carbonyl (C=O) groups is 1. The number of carboxylic acid groups (broad SMARTS) is 1. The summed E-state index contributed by atoms with van der Waals surface area (Å²) < 4.78 is 12.1. The maximum Gasteiger partial charge on any atom is 0.166 e. The molecule has 1 saturated heterocycles. The van der Waals surface area contributed by atoms with Crippen LogP contribution in [0.2, 0.25) is 13.1 Å². The smallest absolute Gasteiger partial charge is 0.166 e. The molecule has 0 aromatic heterocycles. The van der Waals surface area contributed by atoms with E-state index in [4.69, 9.17) is 9.47 Å². The molecule has 0 aromatic carbocycles. The minimum atomic E-state index is -1.13. The number of hydrogen-bond acceptors (Lipinski definition) is 4. The summed E-state index contributed by atoms with van der Waals surface area (Å²) in [6.07, 6.45) is 0.310. The fourth-order valence-electron chi connectivity index (χ4n) is 2.68. The van der Waals surface area contributed by atoms with Crippen molar-refractivity contribution >= 4 is 14.8 Å². The molecule has 1 fully saturated rings. The molecule has 5 heteroatoms. The van der Waals surface area contributed by atoms with Crippen LogP contribution in [0, 0.1) is 5.41 Å². The predicted molar refractivity (Wildman–Crippen MR) is 70.7 cm³/mol. The molecular formula is C13H25O4Si-. The monoisotopic (exact) mass is 273 g/mol. The van der Waals surface area contributed by atoms with Gasteiger partial charge in [-0.1, -0.05) is 33.9 Å². The summed E-state index contributed by atoms with van der Waals surface area (Å²) in [4.78, 5) is 10.6. The molecular weight excluding hydrogens is 248 g/mol. The third-order valence-corrected chi connectivity index (χ3v) is 6.99. The van der Waals surface area contributed by atoms with Crippen LogP contribution in [0.4, 0.5) is 0 Å². The highest BCUT2D eigenvalue weighted by atomic mass is 28.3. The second-order valence-electron chi connectivity index (χ2n) is 6.69. The summed E-state index contributed by atoms with van der Waals surface area (Å²) in [6, 6.07) is 0. The van der Waals surface area contributed by atoms with Gasteiger partial charge in [-0.3, -0.25) is 0 Å². The van der Waals surface area contributed by atoms with Crippen molar-refractivity contribution in [2.24, 2.45) is 5.41 Å². The zero-order valence-corrected chi connectivity index (χ0v) is 13.5. The number of rotatable bonds is 4. The summed E-state index contributed by atoms with van der Waals surface area (Å²) in [5.41, 5.74) is -0.00732. The van der Waals surface area contributed by atoms with Crippen molar-refractivity contribution in [1.29, 1.82) is 0 Å². The Morgan fingerprint density at radius 1 is 1.39 bits per heavy atom. The van der Waals surface area contributed by atoms with Crippen molar-refractivity contribution < 1.29 is 19.4 Å². The van der Waals surface area contributed by atoms with Crippen molar-refractivity contribution in [2.45, 2.75) is 64.6 Å². The molecule has 0 bridgehead atoms. The molecule has 1 heterocycles. The summed E-state index contributed by atoms with van der Waals surface area (Å²) in [6.45, 7) is 13.4. The molecule has 1 rings (SSSR count). The van der Waals surface area contributed by atoms with E-state index in [-0.39, 0.29) is 17.1 Å². The molecule has 0 amide bonds. The zero-order chi connectivity index (χ0) is 14.2. The minimum absolute atomic E-state index is 0.00732. The summed E-state index contributed by atoms with van der Waals surface area (Å²) in [7, 11) is -1.13. The fourth-order valence-corrected chi connectivity index (χ4v) is 5.31. The number of hydrogen-bond donors (Lipinski definition) is 0. The van der Waals surface area contributed by atoms with Crippen molar-refractivity contribution in [1.82, 2.24) is 0 Å². The number of carbonyl (C=O) groups excluding carboxylic acids is 1. The molecule has 1 aliphatic heterocycles. The van der Waals surface area contributed by atoms with Crippen LogP contribution < -0.4 is 5.11 Å². The quantitative estimate of drug-likeness (QED) is 0.720. The zero-order valence-electron chi connectivity index (χ0n) is 12.3. The summed E-state index contributed by atoms with van der Waals surface area (Å²) in [5.74, 6) is -1.84. The standard InChI is InChI=1S/C13H26O4Si/c1-11(2,3)13(18(5)6)9-16-12(4,17-13)8-7-10(14)15/h18H,7-9H2,1-6H3,(H,14,15)/p-1. The first-order chi connectivity index (χ1) is 8.02. The Morgan fingerprint density at radius 3 is 2.28 bits per heavy atom. The molecule has 0 aliphatic carbocycles. The van der Waals surface area contributed by atoms with Crippen LogP contribution in [0.1, 0.15) is 40.5 Å². The van der Waals surface area contributed by atoms with Gasteiger partial charge in [-0.05, 0) is 18.8 Å². The lowest BCUT2D eigenvalue weighted by Gasteiger charge is -2.44. The highest BCUT2D eigenvalue weighted by Gasteiger charge is 2.55. The lowest BCUT2D eigenvalue weighted by Crippen LogP contribution is -2.56. The molecule has 18 heavy (non-hydrogen) atoms. The second-order valence-corrected chi connectivity index (χ2v) is 9.93. The van der Waals surface area contributed by atoms with E-state index in [1.807, 2.05) is 6.92 Å². The van der Waals surface area contributed by atoms with Crippen molar-refractivity contribution in [3.8, 4) is 0 Å². The topological polar surface area (TPSA) is 58.6 Å². The first kappa shape index (κ1) is 15.7. The van der Waals surface area contributed by atoms with E-state index in [2.05, 4.69) is 33.9 Å². The molecule has 0 spiro atoms. The van der Waals surface area contributed by atoms with Crippen molar-refractivity contribution in [2.75, 3.05) is 6.61 Å². The van der Waals surface area contributed by atoms with Gasteiger partial charge in [-0.15, -0.1) is 0 Å². The summed E-state index contributed by atoms with van der Waals surface area (Å²) in [5, 5.41) is 10.3. The maximum absolute atomic E-state index is 10.6. The van der Waals surface area contributed by atoms with Gasteiger partial charge in [0.2, 0.25) is 0 Å². The fraction of sp³-hybridized carbons (Fsp3) is 0.923. The van der Waals surface area contributed by atoms with E-state index in [1.165, 1.54) is 0 Å². The first-order valence-corrected chi connectivity index (χ1v) is 9.45. The van der Waals surface area contributed by atoms with Crippen molar-refractivity contribution in [3.63, 3.8) is 0 Å². The van der Waals surface area contributed by atoms with Crippen LogP contribution in [0.3, 0.4) is 0 Å². The SMILES string of the molecule is C[SiH](C)C1(C(C)(C)C)COC(C)(CCC(=O)[O-])O1. The van der Waals surface area contributed by atoms with Crippen LogP contribution in [-0.2, 0) is 14.3 Å². The van der Waals surface area contributed by atoms with Crippen LogP contribution in [-0.4, -0.2) is 32.4 Å². The molecule has 106 valence electrons. The van der Waals surface area contributed by atoms with E-state index in [9.17, 15) is 9.90 Å². The van der Waals surface area contributed by atoms with Gasteiger partial charge in [0.15, 0.2) is 5.79 Å². The van der Waals surface area contributed by atoms with Gasteiger partial charge >= 0.3 is 0 Å². The highest BCUT2D eigenvalue weighted by Crippen LogP contribution is 2.46. The van der Waals surface area contributed by atoms with E-state index in [0.29, 0.717) is 13.0 Å². The molecule has 0 saturated carbocycles. The molecule has 0 radical (unpaired) electrons. The van der Waals surface area contributed by atoms with Gasteiger partial charge in [0.25, 0.3) is 0 Å². The Labute approximate surface area is 111 Å². The summed E-state index contributed by atoms with van der Waals surface area (Å²) >= 11 is 0. The molecule has 4 nitrogen and oxygen atoms in total. The average molecular weight is 273 g/mol. The van der Waals surface area contributed by atoms with E-state index >= 15 is 0 Å². The van der Waals surface area contributed by atoms with Crippen LogP contribution in [0.5, 0.6) is 0 Å². The number of carboxylic acids is 1. The lowest BCUT2D eigenvalue weighted by atomic mass is 9.88. The van der Waals surface area contributed by atoms with Gasteiger partial charge < -0.3 is 19.4 Å². The third-order valence-electron chi connectivity index (χ3n) is 3.98. The van der Waals surface area contributed by atoms with E-state index < -0.39 is 20.6 Å². The van der Waals surface area contributed by atoms with Gasteiger partial charge in [0.05, 0.1) is 20.6 Å². The Balaban J connectivity index is 2.86. The first-order valence-electron chi connectivity index (χ1n) is 6.56. The Bertz CT molecular complexity index is 323. The number of aliphatic carboxylic acids is 1. The minimum Gasteiger partial charge on any atom is -0.550 e. The molecule has 0 N–H and O–H groups in total. The Morgan fingerprint density at radius 2 is 1.94 bits per heavy atom. The van der Waals surface area contributed by atoms with Crippen LogP contribution in [0.15, 0.2) is 0 Å².